The maximum atomic E-state index is 2.40. The van der Waals surface area contributed by atoms with Gasteiger partial charge in [-0.3, -0.25) is 0 Å². The Hall–Kier alpha value is -1.04. The minimum atomic E-state index is 0.474. The Morgan fingerprint density at radius 1 is 1.07 bits per heavy atom. The van der Waals surface area contributed by atoms with Crippen molar-refractivity contribution in [2.75, 3.05) is 0 Å². The Morgan fingerprint density at radius 2 is 1.80 bits per heavy atom. The molecule has 0 saturated heterocycles. The molecule has 0 heterocycles. The molecule has 0 saturated carbocycles. The van der Waals surface area contributed by atoms with Gasteiger partial charge in [-0.05, 0) is 53.9 Å². The second-order valence-electron chi connectivity index (χ2n) is 5.96. The molecule has 0 bridgehead atoms. The van der Waals surface area contributed by atoms with Gasteiger partial charge in [0.1, 0.15) is 0 Å². The van der Waals surface area contributed by atoms with Crippen LogP contribution < -0.4 is 0 Å². The first-order valence-corrected chi connectivity index (χ1v) is 5.86. The van der Waals surface area contributed by atoms with E-state index in [1.54, 1.807) is 22.3 Å². The van der Waals surface area contributed by atoms with Crippen LogP contribution in [-0.2, 0) is 19.3 Å². The lowest BCUT2D eigenvalue weighted by atomic mass is 9.90. The van der Waals surface area contributed by atoms with Crippen LogP contribution in [0.25, 0.3) is 6.08 Å². The van der Waals surface area contributed by atoms with Gasteiger partial charge in [0.2, 0.25) is 0 Å². The molecule has 0 N–H and O–H groups in total. The molecule has 78 valence electrons. The van der Waals surface area contributed by atoms with E-state index in [9.17, 15) is 0 Å². The lowest BCUT2D eigenvalue weighted by molar-refractivity contribution is 0.392. The minimum absolute atomic E-state index is 0.474. The zero-order valence-electron chi connectivity index (χ0n) is 9.85. The second-order valence-corrected chi connectivity index (χ2v) is 5.96. The number of benzene rings is 1. The molecule has 0 atom stereocenters. The third kappa shape index (κ3) is 1.35. The van der Waals surface area contributed by atoms with Crippen molar-refractivity contribution in [3.8, 4) is 0 Å². The standard InChI is InChI=1S/C15H18/c1-10-6-11-4-5-12-8-15(2,3)9-14(12)13(11)7-10/h4-5,7H,6,8-9H2,1-3H3. The maximum Gasteiger partial charge on any atom is -0.00605 e. The van der Waals surface area contributed by atoms with Crippen molar-refractivity contribution in [3.63, 3.8) is 0 Å². The van der Waals surface area contributed by atoms with Crippen molar-refractivity contribution >= 4 is 6.08 Å². The van der Waals surface area contributed by atoms with Gasteiger partial charge < -0.3 is 0 Å². The molecule has 15 heavy (non-hydrogen) atoms. The first-order valence-electron chi connectivity index (χ1n) is 5.86. The fourth-order valence-corrected chi connectivity index (χ4v) is 3.12. The van der Waals surface area contributed by atoms with Crippen molar-refractivity contribution in [1.82, 2.24) is 0 Å². The molecule has 3 rings (SSSR count). The van der Waals surface area contributed by atoms with E-state index in [0.717, 1.165) is 0 Å². The molecule has 1 aromatic carbocycles. The van der Waals surface area contributed by atoms with Gasteiger partial charge in [-0.15, -0.1) is 0 Å². The van der Waals surface area contributed by atoms with E-state index in [-0.39, 0.29) is 0 Å². The molecule has 0 aliphatic heterocycles. The summed E-state index contributed by atoms with van der Waals surface area (Å²) in [6.07, 6.45) is 6.08. The van der Waals surface area contributed by atoms with Crippen molar-refractivity contribution in [2.24, 2.45) is 5.41 Å². The quantitative estimate of drug-likeness (QED) is 0.595. The van der Waals surface area contributed by atoms with Gasteiger partial charge in [0.15, 0.2) is 0 Å². The van der Waals surface area contributed by atoms with Crippen LogP contribution in [0.3, 0.4) is 0 Å². The van der Waals surface area contributed by atoms with Gasteiger partial charge in [-0.2, -0.15) is 0 Å². The third-order valence-electron chi connectivity index (χ3n) is 3.73. The summed E-state index contributed by atoms with van der Waals surface area (Å²) < 4.78 is 0. The molecule has 0 unspecified atom stereocenters. The summed E-state index contributed by atoms with van der Waals surface area (Å²) in [5.41, 5.74) is 8.31. The summed E-state index contributed by atoms with van der Waals surface area (Å²) in [4.78, 5) is 0. The van der Waals surface area contributed by atoms with E-state index in [2.05, 4.69) is 39.0 Å². The highest BCUT2D eigenvalue weighted by Crippen LogP contribution is 2.41. The zero-order valence-corrected chi connectivity index (χ0v) is 9.85. The van der Waals surface area contributed by atoms with Gasteiger partial charge in [0.05, 0.1) is 0 Å². The molecule has 2 aliphatic rings. The SMILES string of the molecule is CC1=Cc2c(ccc3c2CC(C)(C)C3)C1. The van der Waals surface area contributed by atoms with Crippen molar-refractivity contribution in [3.05, 3.63) is 40.0 Å². The molecular formula is C15H18. The Morgan fingerprint density at radius 3 is 2.60 bits per heavy atom. The average molecular weight is 198 g/mol. The lowest BCUT2D eigenvalue weighted by Crippen LogP contribution is -2.09. The average Bonchev–Trinajstić information content (AvgIpc) is 2.62. The lowest BCUT2D eigenvalue weighted by Gasteiger charge is -2.15. The Kier molecular flexibility index (Phi) is 1.69. The van der Waals surface area contributed by atoms with Crippen molar-refractivity contribution < 1.29 is 0 Å². The van der Waals surface area contributed by atoms with Crippen LogP contribution in [0.15, 0.2) is 17.7 Å². The fourth-order valence-electron chi connectivity index (χ4n) is 3.12. The van der Waals surface area contributed by atoms with E-state index in [1.165, 1.54) is 24.8 Å². The third-order valence-corrected chi connectivity index (χ3v) is 3.73. The Labute approximate surface area is 92.0 Å². The van der Waals surface area contributed by atoms with E-state index in [1.807, 2.05) is 0 Å². The molecule has 0 heteroatoms. The first kappa shape index (κ1) is 9.21. The molecule has 0 radical (unpaired) electrons. The van der Waals surface area contributed by atoms with Crippen LogP contribution in [0.4, 0.5) is 0 Å². The molecule has 0 spiro atoms. The van der Waals surface area contributed by atoms with Crippen molar-refractivity contribution in [2.45, 2.75) is 40.0 Å². The molecule has 0 amide bonds. The highest BCUT2D eigenvalue weighted by atomic mass is 14.4. The zero-order chi connectivity index (χ0) is 10.6. The molecule has 0 nitrogen and oxygen atoms in total. The number of hydrogen-bond donors (Lipinski definition) is 0. The first-order chi connectivity index (χ1) is 7.05. The number of fused-ring (bicyclic) bond motifs is 3. The minimum Gasteiger partial charge on any atom is -0.0683 e. The van der Waals surface area contributed by atoms with Crippen LogP contribution >= 0.6 is 0 Å². The second kappa shape index (κ2) is 2.75. The summed E-state index contributed by atoms with van der Waals surface area (Å²) >= 11 is 0. The highest BCUT2D eigenvalue weighted by Gasteiger charge is 2.31. The summed E-state index contributed by atoms with van der Waals surface area (Å²) in [6.45, 7) is 7.00. The Bertz CT molecular complexity index is 461. The number of rotatable bonds is 0. The predicted octanol–water partition coefficient (Wildman–Crippen LogP) is 3.77. The summed E-state index contributed by atoms with van der Waals surface area (Å²) in [7, 11) is 0. The monoisotopic (exact) mass is 198 g/mol. The van der Waals surface area contributed by atoms with Gasteiger partial charge in [0.25, 0.3) is 0 Å². The van der Waals surface area contributed by atoms with E-state index >= 15 is 0 Å². The van der Waals surface area contributed by atoms with Crippen LogP contribution in [0.1, 0.15) is 43.0 Å². The summed E-state index contributed by atoms with van der Waals surface area (Å²) in [5, 5.41) is 0. The molecule has 2 aliphatic carbocycles. The Balaban J connectivity index is 2.16. The van der Waals surface area contributed by atoms with E-state index in [4.69, 9.17) is 0 Å². The molecule has 1 aromatic rings. The number of hydrogen-bond acceptors (Lipinski definition) is 0. The van der Waals surface area contributed by atoms with Gasteiger partial charge >= 0.3 is 0 Å². The maximum absolute atomic E-state index is 2.40. The summed E-state index contributed by atoms with van der Waals surface area (Å²) in [5.74, 6) is 0. The van der Waals surface area contributed by atoms with Crippen molar-refractivity contribution in [1.29, 1.82) is 0 Å². The molecule has 0 fully saturated rings. The largest absolute Gasteiger partial charge is 0.0683 e. The van der Waals surface area contributed by atoms with E-state index < -0.39 is 0 Å². The van der Waals surface area contributed by atoms with Crippen LogP contribution in [0.5, 0.6) is 0 Å². The summed E-state index contributed by atoms with van der Waals surface area (Å²) in [6, 6.07) is 4.69. The molecule has 0 aromatic heterocycles. The number of allylic oxidation sites excluding steroid dienone is 1. The topological polar surface area (TPSA) is 0 Å². The van der Waals surface area contributed by atoms with Gasteiger partial charge in [0, 0.05) is 0 Å². The van der Waals surface area contributed by atoms with Crippen LogP contribution in [0.2, 0.25) is 0 Å². The van der Waals surface area contributed by atoms with E-state index in [0.29, 0.717) is 5.41 Å². The fraction of sp³-hybridized carbons (Fsp3) is 0.467. The predicted molar refractivity (Wildman–Crippen MR) is 65.0 cm³/mol. The molecular weight excluding hydrogens is 180 g/mol. The highest BCUT2D eigenvalue weighted by molar-refractivity contribution is 5.68. The smallest absolute Gasteiger partial charge is 0.00605 e. The van der Waals surface area contributed by atoms with Crippen LogP contribution in [0, 0.1) is 5.41 Å². The van der Waals surface area contributed by atoms with Crippen LogP contribution in [-0.4, -0.2) is 0 Å². The van der Waals surface area contributed by atoms with Gasteiger partial charge in [-0.25, -0.2) is 0 Å². The normalized spacial score (nSPS) is 21.1. The van der Waals surface area contributed by atoms with Gasteiger partial charge in [-0.1, -0.05) is 37.6 Å².